The molecule has 3 atom stereocenters. The summed E-state index contributed by atoms with van der Waals surface area (Å²) in [6.45, 7) is 2.44. The maximum atomic E-state index is 13.0. The van der Waals surface area contributed by atoms with E-state index < -0.39 is 18.3 Å². The van der Waals surface area contributed by atoms with Crippen LogP contribution in [0.1, 0.15) is 26.2 Å². The molecular weight excluding hydrogens is 309 g/mol. The van der Waals surface area contributed by atoms with Crippen LogP contribution in [0.3, 0.4) is 0 Å². The van der Waals surface area contributed by atoms with E-state index in [-0.39, 0.29) is 12.4 Å². The van der Waals surface area contributed by atoms with Gasteiger partial charge in [-0.1, -0.05) is 30.7 Å². The first-order chi connectivity index (χ1) is 11.5. The number of carbonyl (C=O) groups is 1. The first-order valence-corrected chi connectivity index (χ1v) is 8.32. The van der Waals surface area contributed by atoms with Crippen molar-refractivity contribution >= 4 is 11.8 Å². The molecule has 0 radical (unpaired) electrons. The van der Waals surface area contributed by atoms with E-state index in [1.807, 2.05) is 0 Å². The normalized spacial score (nSPS) is 24.7. The van der Waals surface area contributed by atoms with Gasteiger partial charge in [-0.25, -0.2) is 9.18 Å². The van der Waals surface area contributed by atoms with Gasteiger partial charge in [-0.15, -0.1) is 0 Å². The second-order valence-electron chi connectivity index (χ2n) is 6.47. The van der Waals surface area contributed by atoms with Gasteiger partial charge in [-0.3, -0.25) is 4.90 Å². The van der Waals surface area contributed by atoms with E-state index in [1.165, 1.54) is 34.7 Å². The van der Waals surface area contributed by atoms with Crippen LogP contribution in [0.5, 0.6) is 0 Å². The molecule has 128 valence electrons. The zero-order chi connectivity index (χ0) is 17.1. The van der Waals surface area contributed by atoms with Crippen LogP contribution in [0.4, 0.5) is 14.9 Å². The fourth-order valence-corrected chi connectivity index (χ4v) is 2.97. The number of aliphatic hydroxyl groups is 1. The number of halogens is 1. The van der Waals surface area contributed by atoms with Gasteiger partial charge in [0.05, 0.1) is 12.6 Å². The Kier molecular flexibility index (Phi) is 5.00. The van der Waals surface area contributed by atoms with Crippen molar-refractivity contribution in [2.24, 2.45) is 5.92 Å². The molecule has 1 amide bonds. The zero-order valence-electron chi connectivity index (χ0n) is 13.7. The van der Waals surface area contributed by atoms with Crippen molar-refractivity contribution in [2.45, 2.75) is 38.4 Å². The third-order valence-corrected chi connectivity index (χ3v) is 4.52. The second-order valence-corrected chi connectivity index (χ2v) is 6.47. The molecule has 0 bridgehead atoms. The van der Waals surface area contributed by atoms with E-state index in [9.17, 15) is 14.3 Å². The van der Waals surface area contributed by atoms with Crippen LogP contribution >= 0.6 is 0 Å². The molecular formula is C19H22FNO3. The molecule has 1 fully saturated rings. The second kappa shape index (κ2) is 7.18. The van der Waals surface area contributed by atoms with Crippen molar-refractivity contribution in [3.8, 4) is 0 Å². The van der Waals surface area contributed by atoms with E-state index in [1.54, 1.807) is 0 Å². The van der Waals surface area contributed by atoms with Crippen LogP contribution < -0.4 is 4.90 Å². The maximum Gasteiger partial charge on any atom is 0.414 e. The first-order valence-electron chi connectivity index (χ1n) is 8.32. The summed E-state index contributed by atoms with van der Waals surface area (Å²) in [5, 5.41) is 10.3. The highest BCUT2D eigenvalue weighted by Gasteiger charge is 2.36. The predicted molar refractivity (Wildman–Crippen MR) is 90.3 cm³/mol. The highest BCUT2D eigenvalue weighted by atomic mass is 19.1. The molecule has 1 aromatic carbocycles. The minimum absolute atomic E-state index is 0.275. The predicted octanol–water partition coefficient (Wildman–Crippen LogP) is 3.81. The summed E-state index contributed by atoms with van der Waals surface area (Å²) < 4.78 is 18.3. The number of benzene rings is 1. The van der Waals surface area contributed by atoms with Crippen molar-refractivity contribution in [2.75, 3.05) is 11.4 Å². The Morgan fingerprint density at radius 3 is 2.79 bits per heavy atom. The van der Waals surface area contributed by atoms with Crippen LogP contribution in [-0.4, -0.2) is 30.0 Å². The lowest BCUT2D eigenvalue weighted by Crippen LogP contribution is -2.31. The SMILES string of the molecule is CC1C=CC(CC[C@@H](O)[C@@H]2CN(c3ccc(F)cc3)C(=O)O2)=CC1. The van der Waals surface area contributed by atoms with Crippen LogP contribution in [0.2, 0.25) is 0 Å². The van der Waals surface area contributed by atoms with Crippen LogP contribution in [0.25, 0.3) is 0 Å². The topological polar surface area (TPSA) is 49.8 Å². The molecule has 1 aliphatic heterocycles. The van der Waals surface area contributed by atoms with Crippen LogP contribution in [-0.2, 0) is 4.74 Å². The molecule has 24 heavy (non-hydrogen) atoms. The van der Waals surface area contributed by atoms with Crippen LogP contribution in [0.15, 0.2) is 48.1 Å². The quantitative estimate of drug-likeness (QED) is 0.892. The number of hydrogen-bond acceptors (Lipinski definition) is 3. The zero-order valence-corrected chi connectivity index (χ0v) is 13.7. The first kappa shape index (κ1) is 16.7. The molecule has 1 aliphatic carbocycles. The molecule has 2 aliphatic rings. The number of nitrogens with zero attached hydrogens (tertiary/aromatic N) is 1. The number of amides is 1. The average molecular weight is 331 g/mol. The smallest absolute Gasteiger partial charge is 0.414 e. The molecule has 3 rings (SSSR count). The van der Waals surface area contributed by atoms with Gasteiger partial charge in [0.15, 0.2) is 0 Å². The molecule has 1 N–H and O–H groups in total. The number of ether oxygens (including phenoxy) is 1. The Morgan fingerprint density at radius 1 is 1.38 bits per heavy atom. The lowest BCUT2D eigenvalue weighted by atomic mass is 9.94. The van der Waals surface area contributed by atoms with Gasteiger partial charge in [0.2, 0.25) is 0 Å². The number of anilines is 1. The lowest BCUT2D eigenvalue weighted by molar-refractivity contribution is 0.0283. The molecule has 0 aromatic heterocycles. The summed E-state index contributed by atoms with van der Waals surface area (Å²) in [7, 11) is 0. The Hall–Kier alpha value is -2.14. The fraction of sp³-hybridized carbons (Fsp3) is 0.421. The minimum Gasteiger partial charge on any atom is -0.441 e. The number of rotatable bonds is 5. The summed E-state index contributed by atoms with van der Waals surface area (Å²) >= 11 is 0. The van der Waals surface area contributed by atoms with Gasteiger partial charge in [-0.2, -0.15) is 0 Å². The number of allylic oxidation sites excluding steroid dienone is 4. The van der Waals surface area contributed by atoms with Gasteiger partial charge in [0.25, 0.3) is 0 Å². The van der Waals surface area contributed by atoms with E-state index in [0.29, 0.717) is 18.0 Å². The number of hydrogen-bond donors (Lipinski definition) is 1. The highest BCUT2D eigenvalue weighted by molar-refractivity contribution is 5.89. The Bertz CT molecular complexity index is 653. The Labute approximate surface area is 141 Å². The van der Waals surface area contributed by atoms with Gasteiger partial charge in [-0.05, 0) is 49.4 Å². The fourth-order valence-electron chi connectivity index (χ4n) is 2.97. The maximum absolute atomic E-state index is 13.0. The van der Waals surface area contributed by atoms with Crippen molar-refractivity contribution in [1.29, 1.82) is 0 Å². The van der Waals surface area contributed by atoms with E-state index in [4.69, 9.17) is 4.74 Å². The lowest BCUT2D eigenvalue weighted by Gasteiger charge is -2.18. The highest BCUT2D eigenvalue weighted by Crippen LogP contribution is 2.26. The Morgan fingerprint density at radius 2 is 2.12 bits per heavy atom. The molecule has 4 nitrogen and oxygen atoms in total. The number of cyclic esters (lactones) is 1. The number of carbonyl (C=O) groups excluding carboxylic acids is 1. The summed E-state index contributed by atoms with van der Waals surface area (Å²) in [4.78, 5) is 13.4. The van der Waals surface area contributed by atoms with Crippen LogP contribution in [0, 0.1) is 11.7 Å². The summed E-state index contributed by atoms with van der Waals surface area (Å²) in [5.41, 5.74) is 1.79. The van der Waals surface area contributed by atoms with E-state index in [2.05, 4.69) is 25.2 Å². The monoisotopic (exact) mass is 331 g/mol. The molecule has 1 saturated heterocycles. The number of aliphatic hydroxyl groups excluding tert-OH is 1. The average Bonchev–Trinajstić information content (AvgIpc) is 2.97. The van der Waals surface area contributed by atoms with Gasteiger partial charge >= 0.3 is 6.09 Å². The molecule has 0 saturated carbocycles. The van der Waals surface area contributed by atoms with E-state index >= 15 is 0 Å². The largest absolute Gasteiger partial charge is 0.441 e. The molecule has 5 heteroatoms. The Balaban J connectivity index is 1.55. The van der Waals surface area contributed by atoms with Crippen molar-refractivity contribution in [1.82, 2.24) is 0 Å². The molecule has 0 spiro atoms. The third-order valence-electron chi connectivity index (χ3n) is 4.52. The van der Waals surface area contributed by atoms with Crippen molar-refractivity contribution in [3.05, 3.63) is 53.9 Å². The van der Waals surface area contributed by atoms with E-state index in [0.717, 1.165) is 12.8 Å². The summed E-state index contributed by atoms with van der Waals surface area (Å²) in [5.74, 6) is 0.213. The molecule has 1 aromatic rings. The summed E-state index contributed by atoms with van der Waals surface area (Å²) in [6, 6.07) is 5.67. The van der Waals surface area contributed by atoms with Gasteiger partial charge < -0.3 is 9.84 Å². The van der Waals surface area contributed by atoms with Gasteiger partial charge in [0.1, 0.15) is 11.9 Å². The van der Waals surface area contributed by atoms with Gasteiger partial charge in [0, 0.05) is 5.69 Å². The standard InChI is InChI=1S/C19H22FNO3/c1-13-2-4-14(5-3-13)6-11-17(22)18-12-21(19(23)24-18)16-9-7-15(20)8-10-16/h2,4-5,7-10,13,17-18,22H,3,6,11-12H2,1H3/t13?,17-,18+/m1/s1. The minimum atomic E-state index is -0.715. The van der Waals surface area contributed by atoms with Crippen molar-refractivity contribution < 1.29 is 19.0 Å². The third kappa shape index (κ3) is 3.85. The van der Waals surface area contributed by atoms with Crippen molar-refractivity contribution in [3.63, 3.8) is 0 Å². The molecule has 1 unspecified atom stereocenters. The molecule has 1 heterocycles. The summed E-state index contributed by atoms with van der Waals surface area (Å²) in [6.07, 6.45) is 7.02.